The third-order valence-electron chi connectivity index (χ3n) is 3.15. The van der Waals surface area contributed by atoms with Gasteiger partial charge in [-0.3, -0.25) is 20.4 Å². The Morgan fingerprint density at radius 1 is 1.17 bits per heavy atom. The molecule has 1 unspecified atom stereocenters. The molecule has 1 atom stereocenters. The minimum atomic E-state index is -0.811. The van der Waals surface area contributed by atoms with Crippen LogP contribution in [0.2, 0.25) is 10.0 Å². The number of hydrogen-bond donors (Lipinski definition) is 2. The summed E-state index contributed by atoms with van der Waals surface area (Å²) < 4.78 is 5.45. The number of rotatable bonds is 8. The van der Waals surface area contributed by atoms with Gasteiger partial charge in [0.2, 0.25) is 5.91 Å². The number of hydrazine groups is 1. The molecule has 1 aromatic rings. The molecule has 0 aliphatic rings. The summed E-state index contributed by atoms with van der Waals surface area (Å²) >= 11 is 11.8. The summed E-state index contributed by atoms with van der Waals surface area (Å²) in [6.07, 6.45) is 3.61. The summed E-state index contributed by atoms with van der Waals surface area (Å²) in [6.45, 7) is 3.67. The molecule has 0 saturated heterocycles. The van der Waals surface area contributed by atoms with Crippen LogP contribution in [0.15, 0.2) is 18.2 Å². The molecule has 128 valence electrons. The van der Waals surface area contributed by atoms with E-state index >= 15 is 0 Å². The van der Waals surface area contributed by atoms with E-state index < -0.39 is 12.0 Å². The maximum absolute atomic E-state index is 11.9. The molecule has 0 bridgehead atoms. The third kappa shape index (κ3) is 7.57. The van der Waals surface area contributed by atoms with E-state index in [1.165, 1.54) is 6.07 Å². The molecule has 0 spiro atoms. The molecule has 0 heterocycles. The predicted octanol–water partition coefficient (Wildman–Crippen LogP) is 3.88. The summed E-state index contributed by atoms with van der Waals surface area (Å²) in [4.78, 5) is 23.5. The summed E-state index contributed by atoms with van der Waals surface area (Å²) in [6, 6.07) is 4.73. The second-order valence-electron chi connectivity index (χ2n) is 5.18. The number of carbonyl (C=O) groups is 2. The lowest BCUT2D eigenvalue weighted by Gasteiger charge is -2.16. The fourth-order valence-electron chi connectivity index (χ4n) is 1.82. The number of ether oxygens (including phenoxy) is 1. The SMILES string of the molecule is CCCCCCC(=O)NNC(=O)C(C)Oc1ccc(Cl)cc1Cl. The maximum atomic E-state index is 11.9. The molecular formula is C16H22Cl2N2O3. The van der Waals surface area contributed by atoms with Crippen LogP contribution in [0.25, 0.3) is 0 Å². The van der Waals surface area contributed by atoms with Crippen LogP contribution in [0.5, 0.6) is 5.75 Å². The summed E-state index contributed by atoms with van der Waals surface area (Å²) in [5, 5.41) is 0.798. The molecule has 0 radical (unpaired) electrons. The first-order valence-corrected chi connectivity index (χ1v) is 8.40. The topological polar surface area (TPSA) is 67.4 Å². The van der Waals surface area contributed by atoms with Gasteiger partial charge in [0.25, 0.3) is 5.91 Å². The second kappa shape index (κ2) is 10.3. The highest BCUT2D eigenvalue weighted by atomic mass is 35.5. The first-order chi connectivity index (χ1) is 10.9. The van der Waals surface area contributed by atoms with Gasteiger partial charge in [0.05, 0.1) is 5.02 Å². The van der Waals surface area contributed by atoms with Crippen molar-refractivity contribution in [1.29, 1.82) is 0 Å². The van der Waals surface area contributed by atoms with Gasteiger partial charge in [0, 0.05) is 11.4 Å². The van der Waals surface area contributed by atoms with E-state index in [4.69, 9.17) is 27.9 Å². The fraction of sp³-hybridized carbons (Fsp3) is 0.500. The van der Waals surface area contributed by atoms with Crippen LogP contribution >= 0.6 is 23.2 Å². The Hall–Kier alpha value is -1.46. The zero-order chi connectivity index (χ0) is 17.2. The van der Waals surface area contributed by atoms with Crippen molar-refractivity contribution >= 4 is 35.0 Å². The van der Waals surface area contributed by atoms with Crippen molar-refractivity contribution in [3.05, 3.63) is 28.2 Å². The number of carbonyl (C=O) groups excluding carboxylic acids is 2. The van der Waals surface area contributed by atoms with Crippen LogP contribution in [0.4, 0.5) is 0 Å². The van der Waals surface area contributed by atoms with Crippen LogP contribution < -0.4 is 15.6 Å². The number of unbranched alkanes of at least 4 members (excludes halogenated alkanes) is 3. The van der Waals surface area contributed by atoms with Crippen molar-refractivity contribution in [2.24, 2.45) is 0 Å². The van der Waals surface area contributed by atoms with Crippen molar-refractivity contribution in [2.75, 3.05) is 0 Å². The first-order valence-electron chi connectivity index (χ1n) is 7.64. The Morgan fingerprint density at radius 3 is 2.57 bits per heavy atom. The van der Waals surface area contributed by atoms with E-state index in [0.29, 0.717) is 22.2 Å². The zero-order valence-electron chi connectivity index (χ0n) is 13.3. The Morgan fingerprint density at radius 2 is 1.91 bits per heavy atom. The van der Waals surface area contributed by atoms with Gasteiger partial charge in [-0.2, -0.15) is 0 Å². The maximum Gasteiger partial charge on any atom is 0.279 e. The Bertz CT molecular complexity index is 538. The fourth-order valence-corrected chi connectivity index (χ4v) is 2.28. The molecule has 0 aliphatic carbocycles. The Balaban J connectivity index is 2.35. The van der Waals surface area contributed by atoms with Crippen molar-refractivity contribution in [3.63, 3.8) is 0 Å². The van der Waals surface area contributed by atoms with Crippen LogP contribution in [0.3, 0.4) is 0 Å². The van der Waals surface area contributed by atoms with Gasteiger partial charge in [-0.05, 0) is 31.5 Å². The molecule has 2 amide bonds. The van der Waals surface area contributed by atoms with E-state index in [1.807, 2.05) is 0 Å². The van der Waals surface area contributed by atoms with E-state index in [1.54, 1.807) is 19.1 Å². The highest BCUT2D eigenvalue weighted by Crippen LogP contribution is 2.28. The average molecular weight is 361 g/mol. The largest absolute Gasteiger partial charge is 0.479 e. The smallest absolute Gasteiger partial charge is 0.279 e. The number of benzene rings is 1. The highest BCUT2D eigenvalue weighted by Gasteiger charge is 2.16. The Kier molecular flexibility index (Phi) is 8.81. The molecule has 0 fully saturated rings. The summed E-state index contributed by atoms with van der Waals surface area (Å²) in [7, 11) is 0. The predicted molar refractivity (Wildman–Crippen MR) is 91.6 cm³/mol. The van der Waals surface area contributed by atoms with Crippen molar-refractivity contribution in [1.82, 2.24) is 10.9 Å². The standard InChI is InChI=1S/C16H22Cl2N2O3/c1-3-4-5-6-7-15(21)19-20-16(22)11(2)23-14-9-8-12(17)10-13(14)18/h8-11H,3-7H2,1-2H3,(H,19,21)(H,20,22). The van der Waals surface area contributed by atoms with E-state index in [9.17, 15) is 9.59 Å². The normalized spacial score (nSPS) is 11.7. The molecule has 0 aromatic heterocycles. The van der Waals surface area contributed by atoms with Gasteiger partial charge >= 0.3 is 0 Å². The van der Waals surface area contributed by atoms with Gasteiger partial charge in [0.1, 0.15) is 5.75 Å². The van der Waals surface area contributed by atoms with Crippen LogP contribution in [0, 0.1) is 0 Å². The molecule has 1 aromatic carbocycles. The van der Waals surface area contributed by atoms with Crippen LogP contribution in [-0.4, -0.2) is 17.9 Å². The lowest BCUT2D eigenvalue weighted by molar-refractivity contribution is -0.132. The minimum Gasteiger partial charge on any atom is -0.479 e. The number of amides is 2. The van der Waals surface area contributed by atoms with Gasteiger partial charge in [0.15, 0.2) is 6.10 Å². The number of nitrogens with one attached hydrogen (secondary N) is 2. The lowest BCUT2D eigenvalue weighted by atomic mass is 10.1. The molecule has 23 heavy (non-hydrogen) atoms. The quantitative estimate of drug-likeness (QED) is 0.546. The summed E-state index contributed by atoms with van der Waals surface area (Å²) in [5.41, 5.74) is 4.72. The van der Waals surface area contributed by atoms with Gasteiger partial charge in [-0.1, -0.05) is 49.4 Å². The van der Waals surface area contributed by atoms with E-state index in [0.717, 1.165) is 25.7 Å². The zero-order valence-corrected chi connectivity index (χ0v) is 14.8. The Labute approximate surface area is 146 Å². The monoisotopic (exact) mass is 360 g/mol. The molecule has 7 heteroatoms. The molecular weight excluding hydrogens is 339 g/mol. The third-order valence-corrected chi connectivity index (χ3v) is 3.68. The van der Waals surface area contributed by atoms with Gasteiger partial charge in [-0.25, -0.2) is 0 Å². The number of halogens is 2. The molecule has 5 nitrogen and oxygen atoms in total. The van der Waals surface area contributed by atoms with Gasteiger partial charge < -0.3 is 4.74 Å². The van der Waals surface area contributed by atoms with Crippen molar-refractivity contribution in [2.45, 2.75) is 52.1 Å². The summed E-state index contributed by atoms with van der Waals surface area (Å²) in [5.74, 6) is -0.325. The highest BCUT2D eigenvalue weighted by molar-refractivity contribution is 6.35. The van der Waals surface area contributed by atoms with Crippen LogP contribution in [-0.2, 0) is 9.59 Å². The lowest BCUT2D eigenvalue weighted by Crippen LogP contribution is -2.47. The molecule has 0 saturated carbocycles. The van der Waals surface area contributed by atoms with Gasteiger partial charge in [-0.15, -0.1) is 0 Å². The molecule has 1 rings (SSSR count). The van der Waals surface area contributed by atoms with Crippen molar-refractivity contribution < 1.29 is 14.3 Å². The molecule has 2 N–H and O–H groups in total. The van der Waals surface area contributed by atoms with E-state index in [-0.39, 0.29) is 5.91 Å². The second-order valence-corrected chi connectivity index (χ2v) is 6.03. The number of hydrogen-bond acceptors (Lipinski definition) is 3. The molecule has 0 aliphatic heterocycles. The first kappa shape index (κ1) is 19.6. The van der Waals surface area contributed by atoms with Crippen molar-refractivity contribution in [3.8, 4) is 5.75 Å². The average Bonchev–Trinajstić information content (AvgIpc) is 2.51. The minimum absolute atomic E-state index is 0.217. The van der Waals surface area contributed by atoms with E-state index in [2.05, 4.69) is 17.8 Å². The van der Waals surface area contributed by atoms with Crippen LogP contribution in [0.1, 0.15) is 46.0 Å².